The van der Waals surface area contributed by atoms with E-state index in [0.717, 1.165) is 11.3 Å². The first kappa shape index (κ1) is 12.9. The molecule has 0 atom stereocenters. The van der Waals surface area contributed by atoms with Gasteiger partial charge in [0.1, 0.15) is 5.15 Å². The van der Waals surface area contributed by atoms with Crippen molar-refractivity contribution in [3.8, 4) is 11.3 Å². The predicted octanol–water partition coefficient (Wildman–Crippen LogP) is 6.30. The molecule has 5 aromatic rings. The molecule has 0 amide bonds. The van der Waals surface area contributed by atoms with Crippen molar-refractivity contribution in [1.82, 2.24) is 4.98 Å². The van der Waals surface area contributed by atoms with Gasteiger partial charge in [-0.05, 0) is 50.5 Å². The number of rotatable bonds is 1. The minimum atomic E-state index is 0.521. The average molecular weight is 314 g/mol. The minimum absolute atomic E-state index is 0.521. The molecule has 0 aliphatic heterocycles. The molecule has 1 heterocycles. The topological polar surface area (TPSA) is 12.9 Å². The largest absolute Gasteiger partial charge is 0.236 e. The number of hydrogen-bond acceptors (Lipinski definition) is 1. The van der Waals surface area contributed by atoms with Crippen LogP contribution >= 0.6 is 11.6 Å². The molecule has 23 heavy (non-hydrogen) atoms. The number of halogens is 1. The van der Waals surface area contributed by atoms with E-state index in [9.17, 15) is 0 Å². The number of benzene rings is 4. The summed E-state index contributed by atoms with van der Waals surface area (Å²) in [5.41, 5.74) is 2.04. The number of aromatic nitrogens is 1. The van der Waals surface area contributed by atoms with Crippen LogP contribution in [0.15, 0.2) is 72.8 Å². The molecular weight excluding hydrogens is 302 g/mol. The third kappa shape index (κ3) is 1.84. The minimum Gasteiger partial charge on any atom is -0.236 e. The van der Waals surface area contributed by atoms with Crippen molar-refractivity contribution in [3.63, 3.8) is 0 Å². The molecule has 0 saturated heterocycles. The van der Waals surface area contributed by atoms with Gasteiger partial charge >= 0.3 is 0 Å². The fourth-order valence-electron chi connectivity index (χ4n) is 3.53. The van der Waals surface area contributed by atoms with Crippen LogP contribution < -0.4 is 0 Å². The van der Waals surface area contributed by atoms with Gasteiger partial charge in [0, 0.05) is 5.56 Å². The van der Waals surface area contributed by atoms with E-state index in [0.29, 0.717) is 5.15 Å². The Hall–Kier alpha value is -2.64. The molecule has 0 unspecified atom stereocenters. The Morgan fingerprint density at radius 3 is 2.17 bits per heavy atom. The Kier molecular flexibility index (Phi) is 2.61. The summed E-state index contributed by atoms with van der Waals surface area (Å²) in [5, 5.41) is 8.15. The Bertz CT molecular complexity index is 1180. The van der Waals surface area contributed by atoms with E-state index in [1.54, 1.807) is 0 Å². The van der Waals surface area contributed by atoms with Gasteiger partial charge in [-0.25, -0.2) is 4.98 Å². The summed E-state index contributed by atoms with van der Waals surface area (Å²) in [4.78, 5) is 4.52. The third-order valence-electron chi connectivity index (χ3n) is 4.50. The second kappa shape index (κ2) is 4.68. The molecule has 1 aromatic heterocycles. The van der Waals surface area contributed by atoms with Crippen LogP contribution in [0, 0.1) is 0 Å². The van der Waals surface area contributed by atoms with Crippen molar-refractivity contribution in [2.24, 2.45) is 0 Å². The molecule has 1 nitrogen and oxygen atoms in total. The zero-order chi connectivity index (χ0) is 15.4. The summed E-state index contributed by atoms with van der Waals surface area (Å²) in [6.45, 7) is 0. The molecule has 0 saturated carbocycles. The Morgan fingerprint density at radius 1 is 0.652 bits per heavy atom. The van der Waals surface area contributed by atoms with Crippen molar-refractivity contribution in [2.45, 2.75) is 0 Å². The molecule has 0 N–H and O–H groups in total. The molecule has 0 radical (unpaired) electrons. The normalized spacial score (nSPS) is 11.7. The van der Waals surface area contributed by atoms with Crippen LogP contribution in [0.3, 0.4) is 0 Å². The third-order valence-corrected chi connectivity index (χ3v) is 4.71. The molecule has 2 heteroatoms. The van der Waals surface area contributed by atoms with Gasteiger partial charge in [0.15, 0.2) is 0 Å². The van der Waals surface area contributed by atoms with Crippen LogP contribution in [-0.4, -0.2) is 4.98 Å². The summed E-state index contributed by atoms with van der Waals surface area (Å²) < 4.78 is 0. The van der Waals surface area contributed by atoms with Crippen molar-refractivity contribution >= 4 is 43.9 Å². The lowest BCUT2D eigenvalue weighted by molar-refractivity contribution is 1.33. The van der Waals surface area contributed by atoms with E-state index in [-0.39, 0.29) is 0 Å². The Morgan fingerprint density at radius 2 is 1.35 bits per heavy atom. The molecule has 0 spiro atoms. The van der Waals surface area contributed by atoms with Gasteiger partial charge in [-0.15, -0.1) is 0 Å². The standard InChI is InChI=1S/C21H12ClN/c22-19-9-3-8-18(23-19)17-12-15-6-1-4-13-10-11-14-5-2-7-16(17)21(14)20(13)15/h1-12H. The molecular formula is C21H12ClN. The Balaban J connectivity index is 2.04. The van der Waals surface area contributed by atoms with E-state index >= 15 is 0 Å². The van der Waals surface area contributed by atoms with Crippen LogP contribution in [0.1, 0.15) is 0 Å². The average Bonchev–Trinajstić information content (AvgIpc) is 2.59. The second-order valence-corrected chi connectivity index (χ2v) is 6.21. The van der Waals surface area contributed by atoms with Crippen molar-refractivity contribution in [3.05, 3.63) is 77.9 Å². The SMILES string of the molecule is Clc1cccc(-c2cc3cccc4ccc5cccc2c5c43)n1. The van der Waals surface area contributed by atoms with Crippen LogP contribution in [0.25, 0.3) is 43.6 Å². The quantitative estimate of drug-likeness (QED) is 0.261. The fourth-order valence-corrected chi connectivity index (χ4v) is 3.70. The van der Waals surface area contributed by atoms with E-state index in [1.807, 2.05) is 18.2 Å². The van der Waals surface area contributed by atoms with Crippen LogP contribution in [0.4, 0.5) is 0 Å². The highest BCUT2D eigenvalue weighted by molar-refractivity contribution is 6.29. The molecule has 5 rings (SSSR count). The number of pyridine rings is 1. The molecule has 0 bridgehead atoms. The zero-order valence-corrected chi connectivity index (χ0v) is 13.0. The molecule has 0 aliphatic carbocycles. The van der Waals surface area contributed by atoms with Crippen LogP contribution in [0.5, 0.6) is 0 Å². The van der Waals surface area contributed by atoms with Gasteiger partial charge in [-0.3, -0.25) is 0 Å². The highest BCUT2D eigenvalue weighted by Gasteiger charge is 2.13. The van der Waals surface area contributed by atoms with Crippen molar-refractivity contribution < 1.29 is 0 Å². The maximum absolute atomic E-state index is 6.11. The maximum Gasteiger partial charge on any atom is 0.129 e. The number of nitrogens with zero attached hydrogens (tertiary/aromatic N) is 1. The van der Waals surface area contributed by atoms with Crippen LogP contribution in [-0.2, 0) is 0 Å². The first-order valence-corrected chi connectivity index (χ1v) is 7.98. The monoisotopic (exact) mass is 313 g/mol. The molecule has 108 valence electrons. The first-order chi connectivity index (χ1) is 11.3. The maximum atomic E-state index is 6.11. The first-order valence-electron chi connectivity index (χ1n) is 7.61. The molecule has 0 aliphatic rings. The van der Waals surface area contributed by atoms with Gasteiger partial charge in [0.25, 0.3) is 0 Å². The van der Waals surface area contributed by atoms with Gasteiger partial charge in [0.2, 0.25) is 0 Å². The number of hydrogen-bond donors (Lipinski definition) is 0. The second-order valence-electron chi connectivity index (χ2n) is 5.82. The summed E-state index contributed by atoms with van der Waals surface area (Å²) in [6.07, 6.45) is 0. The summed E-state index contributed by atoms with van der Waals surface area (Å²) >= 11 is 6.11. The fraction of sp³-hybridized carbons (Fsp3) is 0. The van der Waals surface area contributed by atoms with Crippen LogP contribution in [0.2, 0.25) is 5.15 Å². The van der Waals surface area contributed by atoms with Crippen molar-refractivity contribution in [1.29, 1.82) is 0 Å². The van der Waals surface area contributed by atoms with E-state index in [2.05, 4.69) is 59.6 Å². The predicted molar refractivity (Wildman–Crippen MR) is 98.4 cm³/mol. The lowest BCUT2D eigenvalue weighted by Crippen LogP contribution is -1.89. The Labute approximate surface area is 138 Å². The molecule has 4 aromatic carbocycles. The highest BCUT2D eigenvalue weighted by atomic mass is 35.5. The summed E-state index contributed by atoms with van der Waals surface area (Å²) in [7, 11) is 0. The van der Waals surface area contributed by atoms with E-state index < -0.39 is 0 Å². The highest BCUT2D eigenvalue weighted by Crippen LogP contribution is 2.39. The zero-order valence-electron chi connectivity index (χ0n) is 12.3. The van der Waals surface area contributed by atoms with E-state index in [4.69, 9.17) is 11.6 Å². The van der Waals surface area contributed by atoms with Gasteiger partial charge in [-0.1, -0.05) is 66.2 Å². The van der Waals surface area contributed by atoms with E-state index in [1.165, 1.54) is 32.3 Å². The summed E-state index contributed by atoms with van der Waals surface area (Å²) in [5.74, 6) is 0. The van der Waals surface area contributed by atoms with Crippen molar-refractivity contribution in [2.75, 3.05) is 0 Å². The smallest absolute Gasteiger partial charge is 0.129 e. The lowest BCUT2D eigenvalue weighted by Gasteiger charge is -2.14. The lowest BCUT2D eigenvalue weighted by atomic mass is 9.90. The van der Waals surface area contributed by atoms with Gasteiger partial charge in [0.05, 0.1) is 5.69 Å². The van der Waals surface area contributed by atoms with Gasteiger partial charge in [-0.2, -0.15) is 0 Å². The van der Waals surface area contributed by atoms with Gasteiger partial charge < -0.3 is 0 Å². The molecule has 0 fully saturated rings. The summed E-state index contributed by atoms with van der Waals surface area (Å²) in [6, 6.07) is 25.3.